The zero-order valence-electron chi connectivity index (χ0n) is 16.8. The Bertz CT molecular complexity index is 902. The van der Waals surface area contributed by atoms with Crippen molar-refractivity contribution in [3.05, 3.63) is 41.0 Å². The molecule has 1 aromatic rings. The Morgan fingerprint density at radius 1 is 1.09 bits per heavy atom. The lowest BCUT2D eigenvalue weighted by Gasteiger charge is -2.31. The van der Waals surface area contributed by atoms with Crippen LogP contribution in [0.3, 0.4) is 0 Å². The predicted molar refractivity (Wildman–Crippen MR) is 100 cm³/mol. The number of hydrogen-bond acceptors (Lipinski definition) is 3. The average Bonchev–Trinajstić information content (AvgIpc) is 2.70. The molecule has 1 aliphatic rings. The fraction of sp³-hybridized carbons (Fsp3) is 0.450. The molecule has 0 bridgehead atoms. The second kappa shape index (κ2) is 9.61. The van der Waals surface area contributed by atoms with E-state index >= 15 is 0 Å². The first-order valence-electron chi connectivity index (χ1n) is 9.48. The zero-order valence-corrected chi connectivity index (χ0v) is 16.8. The van der Waals surface area contributed by atoms with Gasteiger partial charge in [0.15, 0.2) is 0 Å². The first kappa shape index (κ1) is 25.2. The molecule has 6 nitrogen and oxygen atoms in total. The van der Waals surface area contributed by atoms with Crippen LogP contribution in [0.2, 0.25) is 0 Å². The number of benzene rings is 1. The molecule has 0 radical (unpaired) electrons. The van der Waals surface area contributed by atoms with E-state index in [4.69, 9.17) is 5.11 Å². The molecular formula is C20H20F6N2O4. The van der Waals surface area contributed by atoms with Crippen LogP contribution < -0.4 is 5.32 Å². The van der Waals surface area contributed by atoms with Crippen molar-refractivity contribution in [1.82, 2.24) is 10.2 Å². The Morgan fingerprint density at radius 3 is 2.19 bits per heavy atom. The van der Waals surface area contributed by atoms with Crippen molar-refractivity contribution in [2.24, 2.45) is 5.92 Å². The summed E-state index contributed by atoms with van der Waals surface area (Å²) in [4.78, 5) is 36.4. The maximum absolute atomic E-state index is 13.1. The summed E-state index contributed by atoms with van der Waals surface area (Å²) in [6.45, 7) is 1.46. The number of alkyl halides is 6. The zero-order chi connectivity index (χ0) is 24.3. The molecule has 1 aliphatic heterocycles. The monoisotopic (exact) mass is 466 g/mol. The van der Waals surface area contributed by atoms with Gasteiger partial charge in [0.1, 0.15) is 6.04 Å². The summed E-state index contributed by atoms with van der Waals surface area (Å²) in [5.41, 5.74) is -3.38. The molecule has 1 atom stereocenters. The van der Waals surface area contributed by atoms with Crippen LogP contribution in [0.15, 0.2) is 24.3 Å². The Hall–Kier alpha value is -3.05. The Morgan fingerprint density at radius 2 is 1.69 bits per heavy atom. The lowest BCUT2D eigenvalue weighted by atomic mass is 9.95. The molecule has 2 rings (SSSR count). The molecule has 176 valence electrons. The first-order chi connectivity index (χ1) is 14.7. The van der Waals surface area contributed by atoms with Crippen molar-refractivity contribution in [2.45, 2.75) is 38.2 Å². The second-order valence-electron chi connectivity index (χ2n) is 7.30. The number of amides is 2. The number of hydrogen-bond donors (Lipinski definition) is 2. The molecule has 32 heavy (non-hydrogen) atoms. The number of nitrogens with zero attached hydrogens (tertiary/aromatic N) is 1. The van der Waals surface area contributed by atoms with Crippen LogP contribution >= 0.6 is 0 Å². The third kappa shape index (κ3) is 6.47. The summed E-state index contributed by atoms with van der Waals surface area (Å²) < 4.78 is 78.0. The standard InChI is InChI=1S/C20H20F6N2O4/c1-11(18(31)32)27-17(30)12-6-8-28(9-7-12)16(29)5-2-13-10-14(19(21,22)23)3-4-15(13)20(24,25)26/h2-5,10-12H,6-9H2,1H3,(H,27,30)(H,31,32). The Labute approximate surface area is 178 Å². The van der Waals surface area contributed by atoms with Crippen molar-refractivity contribution >= 4 is 23.9 Å². The van der Waals surface area contributed by atoms with Crippen molar-refractivity contribution in [3.63, 3.8) is 0 Å². The number of likely N-dealkylation sites (tertiary alicyclic amines) is 1. The van der Waals surface area contributed by atoms with Gasteiger partial charge in [0.25, 0.3) is 0 Å². The van der Waals surface area contributed by atoms with Crippen LogP contribution in [0, 0.1) is 5.92 Å². The second-order valence-corrected chi connectivity index (χ2v) is 7.30. The van der Waals surface area contributed by atoms with E-state index in [0.717, 1.165) is 6.08 Å². The van der Waals surface area contributed by atoms with Crippen LogP contribution in [0.4, 0.5) is 26.3 Å². The maximum Gasteiger partial charge on any atom is 0.416 e. The van der Waals surface area contributed by atoms with Crippen LogP contribution in [0.25, 0.3) is 6.08 Å². The first-order valence-corrected chi connectivity index (χ1v) is 9.48. The number of nitrogens with one attached hydrogen (secondary N) is 1. The van der Waals surface area contributed by atoms with Gasteiger partial charge in [-0.05, 0) is 49.6 Å². The molecule has 0 spiro atoms. The highest BCUT2D eigenvalue weighted by Crippen LogP contribution is 2.37. The van der Waals surface area contributed by atoms with Gasteiger partial charge < -0.3 is 15.3 Å². The molecule has 1 aromatic carbocycles. The molecule has 1 saturated heterocycles. The molecule has 12 heteroatoms. The van der Waals surface area contributed by atoms with E-state index in [1.807, 2.05) is 0 Å². The lowest BCUT2D eigenvalue weighted by molar-refractivity contribution is -0.142. The third-order valence-corrected chi connectivity index (χ3v) is 5.00. The minimum absolute atomic E-state index is 0.0808. The van der Waals surface area contributed by atoms with E-state index in [0.29, 0.717) is 24.3 Å². The Balaban J connectivity index is 2.08. The highest BCUT2D eigenvalue weighted by atomic mass is 19.4. The fourth-order valence-corrected chi connectivity index (χ4v) is 3.16. The summed E-state index contributed by atoms with van der Waals surface area (Å²) in [5.74, 6) is -2.94. The van der Waals surface area contributed by atoms with Crippen molar-refractivity contribution < 1.29 is 45.8 Å². The molecule has 2 N–H and O–H groups in total. The number of carboxylic acids is 1. The number of aliphatic carboxylic acids is 1. The van der Waals surface area contributed by atoms with Crippen LogP contribution in [-0.2, 0) is 26.7 Å². The number of halogens is 6. The van der Waals surface area contributed by atoms with Gasteiger partial charge in [0, 0.05) is 25.1 Å². The summed E-state index contributed by atoms with van der Waals surface area (Å²) >= 11 is 0. The van der Waals surface area contributed by atoms with Crippen molar-refractivity contribution in [2.75, 3.05) is 13.1 Å². The molecule has 1 heterocycles. The average molecular weight is 466 g/mol. The van der Waals surface area contributed by atoms with Crippen molar-refractivity contribution in [1.29, 1.82) is 0 Å². The number of rotatable bonds is 5. The van der Waals surface area contributed by atoms with E-state index in [1.54, 1.807) is 0 Å². The fourth-order valence-electron chi connectivity index (χ4n) is 3.16. The van der Waals surface area contributed by atoms with Gasteiger partial charge in [-0.25, -0.2) is 0 Å². The third-order valence-electron chi connectivity index (χ3n) is 5.00. The van der Waals surface area contributed by atoms with Gasteiger partial charge in [-0.15, -0.1) is 0 Å². The number of carbonyl (C=O) groups is 3. The quantitative estimate of drug-likeness (QED) is 0.513. The van der Waals surface area contributed by atoms with Gasteiger partial charge >= 0.3 is 18.3 Å². The predicted octanol–water partition coefficient (Wildman–Crippen LogP) is 3.57. The van der Waals surface area contributed by atoms with Gasteiger partial charge in [0.2, 0.25) is 11.8 Å². The van der Waals surface area contributed by atoms with Crippen LogP contribution in [0.5, 0.6) is 0 Å². The normalized spacial score (nSPS) is 16.8. The molecule has 0 aliphatic carbocycles. The summed E-state index contributed by atoms with van der Waals surface area (Å²) in [6.07, 6.45) is -7.90. The highest BCUT2D eigenvalue weighted by Gasteiger charge is 2.36. The molecule has 2 amide bonds. The molecule has 0 aromatic heterocycles. The topological polar surface area (TPSA) is 86.7 Å². The van der Waals surface area contributed by atoms with Gasteiger partial charge in [-0.2, -0.15) is 26.3 Å². The lowest BCUT2D eigenvalue weighted by Crippen LogP contribution is -2.46. The summed E-state index contributed by atoms with van der Waals surface area (Å²) in [7, 11) is 0. The van der Waals surface area contributed by atoms with E-state index < -0.39 is 58.8 Å². The van der Waals surface area contributed by atoms with E-state index in [2.05, 4.69) is 5.32 Å². The SMILES string of the molecule is CC(NC(=O)C1CCN(C(=O)C=Cc2cc(C(F)(F)F)ccc2C(F)(F)F)CC1)C(=O)O. The molecule has 1 fully saturated rings. The summed E-state index contributed by atoms with van der Waals surface area (Å²) in [6, 6.07) is -0.120. The van der Waals surface area contributed by atoms with Gasteiger partial charge in [-0.3, -0.25) is 14.4 Å². The highest BCUT2D eigenvalue weighted by molar-refractivity contribution is 5.92. The van der Waals surface area contributed by atoms with Crippen LogP contribution in [-0.4, -0.2) is 46.9 Å². The van der Waals surface area contributed by atoms with E-state index in [-0.39, 0.29) is 25.9 Å². The molecular weight excluding hydrogens is 446 g/mol. The smallest absolute Gasteiger partial charge is 0.416 e. The van der Waals surface area contributed by atoms with Crippen LogP contribution in [0.1, 0.15) is 36.5 Å². The maximum atomic E-state index is 13.1. The molecule has 1 unspecified atom stereocenters. The number of carbonyl (C=O) groups excluding carboxylic acids is 2. The van der Waals surface area contributed by atoms with E-state index in [9.17, 15) is 40.7 Å². The number of piperidine rings is 1. The largest absolute Gasteiger partial charge is 0.480 e. The Kier molecular flexibility index (Phi) is 7.58. The summed E-state index contributed by atoms with van der Waals surface area (Å²) in [5, 5.41) is 11.1. The minimum Gasteiger partial charge on any atom is -0.480 e. The number of carboxylic acid groups (broad SMARTS) is 1. The van der Waals surface area contributed by atoms with Gasteiger partial charge in [-0.1, -0.05) is 0 Å². The van der Waals surface area contributed by atoms with Gasteiger partial charge in [0.05, 0.1) is 11.1 Å². The molecule has 0 saturated carbocycles. The van der Waals surface area contributed by atoms with Crippen molar-refractivity contribution in [3.8, 4) is 0 Å². The van der Waals surface area contributed by atoms with E-state index in [1.165, 1.54) is 11.8 Å². The minimum atomic E-state index is -4.91.